The van der Waals surface area contributed by atoms with E-state index in [2.05, 4.69) is 39.6 Å². The Labute approximate surface area is 201 Å². The molecule has 30 heavy (non-hydrogen) atoms. The Morgan fingerprint density at radius 2 is 2.20 bits per heavy atom. The molecule has 1 aliphatic heterocycles. The maximum atomic E-state index is 6.18. The summed E-state index contributed by atoms with van der Waals surface area (Å²) in [5.74, 6) is 2.28. The quantitative estimate of drug-likeness (QED) is 0.211. The van der Waals surface area contributed by atoms with Gasteiger partial charge in [-0.1, -0.05) is 17.7 Å². The molecule has 1 unspecified atom stereocenters. The molecule has 1 fully saturated rings. The number of hydrogen-bond donors (Lipinski definition) is 2. The first-order valence-corrected chi connectivity index (χ1v) is 10.6. The molecule has 1 atom stereocenters. The maximum absolute atomic E-state index is 6.18. The average Bonchev–Trinajstić information content (AvgIpc) is 3.41. The number of hydrogen-bond acceptors (Lipinski definition) is 4. The number of guanidine groups is 1. The number of benzene rings is 1. The van der Waals surface area contributed by atoms with Crippen molar-refractivity contribution in [1.82, 2.24) is 10.6 Å². The Hall–Kier alpha value is -1.45. The van der Waals surface area contributed by atoms with Crippen molar-refractivity contribution in [1.29, 1.82) is 0 Å². The highest BCUT2D eigenvalue weighted by Gasteiger charge is 2.23. The molecule has 0 radical (unpaired) electrons. The number of furan rings is 1. The first-order valence-electron chi connectivity index (χ1n) is 10.2. The molecule has 2 N–H and O–H groups in total. The molecular weight excluding hydrogens is 515 g/mol. The van der Waals surface area contributed by atoms with Crippen LogP contribution in [0.2, 0.25) is 5.02 Å². The summed E-state index contributed by atoms with van der Waals surface area (Å²) in [6.45, 7) is 7.16. The van der Waals surface area contributed by atoms with Gasteiger partial charge in [-0.05, 0) is 55.5 Å². The second-order valence-corrected chi connectivity index (χ2v) is 7.83. The van der Waals surface area contributed by atoms with E-state index in [-0.39, 0.29) is 24.0 Å². The van der Waals surface area contributed by atoms with Crippen LogP contribution in [0, 0.1) is 12.8 Å². The zero-order valence-corrected chi connectivity index (χ0v) is 20.8. The van der Waals surface area contributed by atoms with E-state index in [0.29, 0.717) is 19.1 Å². The van der Waals surface area contributed by atoms with E-state index in [1.165, 1.54) is 11.3 Å². The van der Waals surface area contributed by atoms with Crippen LogP contribution in [0.4, 0.5) is 5.69 Å². The zero-order valence-electron chi connectivity index (χ0n) is 17.7. The predicted octanol–water partition coefficient (Wildman–Crippen LogP) is 4.46. The van der Waals surface area contributed by atoms with Crippen LogP contribution in [0.15, 0.2) is 46.0 Å². The van der Waals surface area contributed by atoms with Crippen molar-refractivity contribution in [3.05, 3.63) is 52.9 Å². The number of rotatable bonds is 9. The van der Waals surface area contributed by atoms with Crippen LogP contribution in [-0.4, -0.2) is 45.8 Å². The van der Waals surface area contributed by atoms with Gasteiger partial charge in [0, 0.05) is 50.5 Å². The molecule has 1 aliphatic rings. The van der Waals surface area contributed by atoms with Crippen molar-refractivity contribution in [2.24, 2.45) is 10.9 Å². The predicted molar refractivity (Wildman–Crippen MR) is 134 cm³/mol. The number of anilines is 1. The molecule has 2 heterocycles. The highest BCUT2D eigenvalue weighted by atomic mass is 127. The molecule has 1 saturated heterocycles. The molecule has 0 saturated carbocycles. The summed E-state index contributed by atoms with van der Waals surface area (Å²) in [5, 5.41) is 7.60. The summed E-state index contributed by atoms with van der Waals surface area (Å²) < 4.78 is 10.8. The van der Waals surface area contributed by atoms with Crippen molar-refractivity contribution in [2.75, 3.05) is 44.7 Å². The highest BCUT2D eigenvalue weighted by molar-refractivity contribution is 14.0. The second-order valence-electron chi connectivity index (χ2n) is 7.40. The Morgan fingerprint density at radius 1 is 1.33 bits per heavy atom. The Balaban J connectivity index is 0.00000320. The fourth-order valence-electron chi connectivity index (χ4n) is 3.55. The number of nitrogens with zero attached hydrogens (tertiary/aromatic N) is 2. The molecule has 0 aliphatic carbocycles. The van der Waals surface area contributed by atoms with E-state index in [4.69, 9.17) is 20.8 Å². The minimum atomic E-state index is 0. The largest absolute Gasteiger partial charge is 0.467 e. The van der Waals surface area contributed by atoms with Gasteiger partial charge < -0.3 is 24.7 Å². The Morgan fingerprint density at radius 3 is 2.97 bits per heavy atom. The molecule has 0 amide bonds. The molecule has 0 bridgehead atoms. The fraction of sp³-hybridized carbons (Fsp3) is 0.500. The van der Waals surface area contributed by atoms with Crippen LogP contribution in [0.5, 0.6) is 0 Å². The highest BCUT2D eigenvalue weighted by Crippen LogP contribution is 2.29. The van der Waals surface area contributed by atoms with Gasteiger partial charge in [0.2, 0.25) is 0 Å². The molecule has 8 heteroatoms. The van der Waals surface area contributed by atoms with E-state index in [1.54, 1.807) is 13.3 Å². The molecular formula is C22H32ClIN4O2. The van der Waals surface area contributed by atoms with Gasteiger partial charge in [-0.15, -0.1) is 24.0 Å². The van der Waals surface area contributed by atoms with Gasteiger partial charge in [-0.3, -0.25) is 4.99 Å². The Bertz CT molecular complexity index is 785. The van der Waals surface area contributed by atoms with Crippen molar-refractivity contribution in [2.45, 2.75) is 26.4 Å². The van der Waals surface area contributed by atoms with E-state index in [0.717, 1.165) is 55.8 Å². The molecule has 1 aromatic carbocycles. The van der Waals surface area contributed by atoms with Crippen LogP contribution in [0.1, 0.15) is 24.2 Å². The lowest BCUT2D eigenvalue weighted by Crippen LogP contribution is -2.40. The number of halogens is 2. The van der Waals surface area contributed by atoms with Crippen LogP contribution in [-0.2, 0) is 11.3 Å². The summed E-state index contributed by atoms with van der Waals surface area (Å²) in [7, 11) is 1.80. The molecule has 166 valence electrons. The number of aliphatic imine (C=N–C) groups is 1. The van der Waals surface area contributed by atoms with Gasteiger partial charge in [-0.2, -0.15) is 0 Å². The zero-order chi connectivity index (χ0) is 20.5. The van der Waals surface area contributed by atoms with Crippen molar-refractivity contribution in [3.63, 3.8) is 0 Å². The smallest absolute Gasteiger partial charge is 0.190 e. The first-order chi connectivity index (χ1) is 14.2. The second kappa shape index (κ2) is 13.1. The van der Waals surface area contributed by atoms with Gasteiger partial charge in [0.05, 0.1) is 6.26 Å². The third-order valence-electron chi connectivity index (χ3n) is 5.16. The third-order valence-corrected chi connectivity index (χ3v) is 5.40. The van der Waals surface area contributed by atoms with Gasteiger partial charge >= 0.3 is 0 Å². The van der Waals surface area contributed by atoms with Gasteiger partial charge in [0.15, 0.2) is 5.96 Å². The third kappa shape index (κ3) is 7.67. The molecule has 1 aromatic heterocycles. The topological polar surface area (TPSA) is 62.0 Å². The first kappa shape index (κ1) is 24.8. The lowest BCUT2D eigenvalue weighted by atomic mass is 10.1. The molecule has 2 aromatic rings. The van der Waals surface area contributed by atoms with Crippen molar-refractivity contribution in [3.8, 4) is 0 Å². The SMILES string of the molecule is CN=C(NCCCOCc1ccco1)NCC1CCN(c2cc(Cl)ccc2C)C1.I. The molecule has 0 spiro atoms. The standard InChI is InChI=1S/C22H31ClN4O2.HI/c1-17-6-7-19(23)13-21(17)27-10-8-18(15-27)14-26-22(24-2)25-9-4-11-28-16-20-5-3-12-29-20;/h3,5-7,12-13,18H,4,8-11,14-16H2,1-2H3,(H2,24,25,26);1H. The molecule has 3 rings (SSSR count). The minimum absolute atomic E-state index is 0. The summed E-state index contributed by atoms with van der Waals surface area (Å²) in [4.78, 5) is 6.75. The minimum Gasteiger partial charge on any atom is -0.467 e. The van der Waals surface area contributed by atoms with Gasteiger partial charge in [0.25, 0.3) is 0 Å². The average molecular weight is 547 g/mol. The summed E-state index contributed by atoms with van der Waals surface area (Å²) in [6.07, 6.45) is 3.73. The van der Waals surface area contributed by atoms with Crippen LogP contribution < -0.4 is 15.5 Å². The van der Waals surface area contributed by atoms with E-state index >= 15 is 0 Å². The number of nitrogens with one attached hydrogen (secondary N) is 2. The summed E-state index contributed by atoms with van der Waals surface area (Å²) in [6, 6.07) is 9.90. The van der Waals surface area contributed by atoms with Gasteiger partial charge in [0.1, 0.15) is 12.4 Å². The van der Waals surface area contributed by atoms with Crippen LogP contribution in [0.25, 0.3) is 0 Å². The van der Waals surface area contributed by atoms with E-state index < -0.39 is 0 Å². The van der Waals surface area contributed by atoms with E-state index in [9.17, 15) is 0 Å². The van der Waals surface area contributed by atoms with Crippen molar-refractivity contribution >= 4 is 47.2 Å². The van der Waals surface area contributed by atoms with E-state index in [1.807, 2.05) is 18.2 Å². The fourth-order valence-corrected chi connectivity index (χ4v) is 3.72. The number of ether oxygens (including phenoxy) is 1. The van der Waals surface area contributed by atoms with Crippen molar-refractivity contribution < 1.29 is 9.15 Å². The Kier molecular flexibility index (Phi) is 10.8. The monoisotopic (exact) mass is 546 g/mol. The maximum Gasteiger partial charge on any atom is 0.190 e. The van der Waals surface area contributed by atoms with Gasteiger partial charge in [-0.25, -0.2) is 0 Å². The normalized spacial score (nSPS) is 16.4. The summed E-state index contributed by atoms with van der Waals surface area (Å²) in [5.41, 5.74) is 2.52. The lowest BCUT2D eigenvalue weighted by Gasteiger charge is -2.21. The number of aryl methyl sites for hydroxylation is 1. The molecule has 6 nitrogen and oxygen atoms in total. The van der Waals surface area contributed by atoms with Crippen LogP contribution in [0.3, 0.4) is 0 Å². The summed E-state index contributed by atoms with van der Waals surface area (Å²) >= 11 is 6.18. The lowest BCUT2D eigenvalue weighted by molar-refractivity contribution is 0.105. The van der Waals surface area contributed by atoms with Crippen LogP contribution >= 0.6 is 35.6 Å².